The van der Waals surface area contributed by atoms with Crippen molar-refractivity contribution in [3.05, 3.63) is 76.8 Å². The van der Waals surface area contributed by atoms with Crippen LogP contribution in [0.1, 0.15) is 22.3 Å². The number of aryl methyl sites for hydroxylation is 1. The Kier molecular flexibility index (Phi) is 4.34. The lowest BCUT2D eigenvalue weighted by Crippen LogP contribution is -2.45. The molecule has 2 saturated carbocycles. The van der Waals surface area contributed by atoms with E-state index in [4.69, 9.17) is 11.6 Å². The number of hydrogen-bond donors (Lipinski definition) is 0. The Hall–Kier alpha value is -2.92. The third-order valence-corrected chi connectivity index (χ3v) is 8.05. The van der Waals surface area contributed by atoms with E-state index in [2.05, 4.69) is 12.2 Å². The van der Waals surface area contributed by atoms with E-state index in [0.29, 0.717) is 28.1 Å². The highest BCUT2D eigenvalue weighted by molar-refractivity contribution is 6.30. The SMILES string of the molecule is Cc1ccccc1C(=O)N(CN1C(=O)C2C3C=CC(C4CC34)C2C1=O)c1ccc(Cl)cc1. The summed E-state index contributed by atoms with van der Waals surface area (Å²) in [5, 5.41) is 0.554. The van der Waals surface area contributed by atoms with Gasteiger partial charge >= 0.3 is 0 Å². The first-order valence-corrected chi connectivity index (χ1v) is 11.5. The standard InChI is InChI=1S/C26H23ClN2O3/c1-14-4-2-3-5-17(14)24(30)28(16-8-6-15(27)7-9-16)13-29-25(31)22-18-10-11-19(21-12-20(18)21)23(22)26(29)32/h2-11,18-23H,12-13H2,1H3. The average Bonchev–Trinajstić information content (AvgIpc) is 3.58. The molecule has 4 aliphatic carbocycles. The molecule has 5 nitrogen and oxygen atoms in total. The second-order valence-corrected chi connectivity index (χ2v) is 9.86. The molecule has 32 heavy (non-hydrogen) atoms. The molecule has 0 N–H and O–H groups in total. The second-order valence-electron chi connectivity index (χ2n) is 9.43. The van der Waals surface area contributed by atoms with E-state index >= 15 is 0 Å². The smallest absolute Gasteiger partial charge is 0.260 e. The summed E-state index contributed by atoms with van der Waals surface area (Å²) in [4.78, 5) is 43.4. The van der Waals surface area contributed by atoms with Crippen LogP contribution in [-0.2, 0) is 9.59 Å². The first-order valence-electron chi connectivity index (χ1n) is 11.1. The number of nitrogens with zero attached hydrogens (tertiary/aromatic N) is 2. The average molecular weight is 447 g/mol. The molecule has 2 aromatic carbocycles. The molecule has 2 bridgehead atoms. The number of carbonyl (C=O) groups is 3. The van der Waals surface area contributed by atoms with Crippen LogP contribution in [0.4, 0.5) is 5.69 Å². The number of likely N-dealkylation sites (tertiary alicyclic amines) is 1. The topological polar surface area (TPSA) is 57.7 Å². The Bertz CT molecular complexity index is 1140. The molecule has 6 atom stereocenters. The van der Waals surface area contributed by atoms with Crippen molar-refractivity contribution < 1.29 is 14.4 Å². The minimum absolute atomic E-state index is 0.0890. The van der Waals surface area contributed by atoms with E-state index in [1.165, 1.54) is 9.80 Å². The van der Waals surface area contributed by atoms with Gasteiger partial charge in [0.05, 0.1) is 11.8 Å². The van der Waals surface area contributed by atoms with Crippen LogP contribution < -0.4 is 4.90 Å². The van der Waals surface area contributed by atoms with Gasteiger partial charge in [-0.25, -0.2) is 0 Å². The Morgan fingerprint density at radius 3 is 2.16 bits per heavy atom. The van der Waals surface area contributed by atoms with Gasteiger partial charge in [0.2, 0.25) is 11.8 Å². The summed E-state index contributed by atoms with van der Waals surface area (Å²) in [6, 6.07) is 14.3. The molecular formula is C26H23ClN2O3. The zero-order valence-corrected chi connectivity index (χ0v) is 18.4. The molecule has 3 fully saturated rings. The van der Waals surface area contributed by atoms with Gasteiger partial charge in [0.25, 0.3) is 5.91 Å². The number of halogens is 1. The van der Waals surface area contributed by atoms with E-state index in [-0.39, 0.29) is 48.1 Å². The summed E-state index contributed by atoms with van der Waals surface area (Å²) in [5.41, 5.74) is 1.98. The van der Waals surface area contributed by atoms with Crippen molar-refractivity contribution in [2.24, 2.45) is 35.5 Å². The number of carbonyl (C=O) groups excluding carboxylic acids is 3. The van der Waals surface area contributed by atoms with Crippen molar-refractivity contribution >= 4 is 35.0 Å². The van der Waals surface area contributed by atoms with E-state index in [0.717, 1.165) is 12.0 Å². The summed E-state index contributed by atoms with van der Waals surface area (Å²) in [5.74, 6) is 0.337. The van der Waals surface area contributed by atoms with Gasteiger partial charge in [-0.3, -0.25) is 24.2 Å². The zero-order valence-electron chi connectivity index (χ0n) is 17.6. The van der Waals surface area contributed by atoms with Gasteiger partial charge in [0, 0.05) is 16.3 Å². The quantitative estimate of drug-likeness (QED) is 0.519. The number of rotatable bonds is 4. The molecule has 7 rings (SSSR count). The second kappa shape index (κ2) is 7.04. The third-order valence-electron chi connectivity index (χ3n) is 7.80. The van der Waals surface area contributed by atoms with Gasteiger partial charge in [0.15, 0.2) is 0 Å². The fourth-order valence-electron chi connectivity index (χ4n) is 6.14. The predicted molar refractivity (Wildman–Crippen MR) is 121 cm³/mol. The van der Waals surface area contributed by atoms with Gasteiger partial charge in [-0.05, 0) is 72.9 Å². The Morgan fingerprint density at radius 2 is 1.56 bits per heavy atom. The van der Waals surface area contributed by atoms with Crippen LogP contribution in [0.2, 0.25) is 5.02 Å². The lowest BCUT2D eigenvalue weighted by atomic mass is 9.63. The molecule has 3 amide bonds. The van der Waals surface area contributed by atoms with Crippen LogP contribution in [0.3, 0.4) is 0 Å². The van der Waals surface area contributed by atoms with Gasteiger partial charge in [-0.15, -0.1) is 0 Å². The fourth-order valence-corrected chi connectivity index (χ4v) is 6.27. The summed E-state index contributed by atoms with van der Waals surface area (Å²) < 4.78 is 0. The molecule has 0 aromatic heterocycles. The lowest BCUT2D eigenvalue weighted by molar-refractivity contribution is -0.140. The van der Waals surface area contributed by atoms with E-state index in [9.17, 15) is 14.4 Å². The molecule has 6 heteroatoms. The molecule has 1 aliphatic heterocycles. The number of hydrogen-bond acceptors (Lipinski definition) is 3. The number of anilines is 1. The number of imide groups is 1. The molecular weight excluding hydrogens is 424 g/mol. The van der Waals surface area contributed by atoms with Crippen LogP contribution in [0, 0.1) is 42.4 Å². The van der Waals surface area contributed by atoms with Crippen molar-refractivity contribution in [2.75, 3.05) is 11.6 Å². The van der Waals surface area contributed by atoms with Crippen LogP contribution in [-0.4, -0.2) is 29.3 Å². The largest absolute Gasteiger partial charge is 0.290 e. The summed E-state index contributed by atoms with van der Waals surface area (Å²) in [7, 11) is 0. The minimum Gasteiger partial charge on any atom is -0.290 e. The molecule has 0 radical (unpaired) electrons. The third kappa shape index (κ3) is 2.80. The summed E-state index contributed by atoms with van der Waals surface area (Å²) in [6.07, 6.45) is 5.44. The number of allylic oxidation sites excluding steroid dienone is 2. The highest BCUT2D eigenvalue weighted by Gasteiger charge is 2.67. The number of amides is 3. The van der Waals surface area contributed by atoms with Gasteiger partial charge in [-0.2, -0.15) is 0 Å². The minimum atomic E-state index is -0.276. The van der Waals surface area contributed by atoms with Crippen LogP contribution >= 0.6 is 11.6 Å². The summed E-state index contributed by atoms with van der Waals surface area (Å²) in [6.45, 7) is 1.79. The Labute approximate surface area is 191 Å². The Morgan fingerprint density at radius 1 is 0.969 bits per heavy atom. The molecule has 162 valence electrons. The normalized spacial score (nSPS) is 31.5. The van der Waals surface area contributed by atoms with Gasteiger partial charge < -0.3 is 0 Å². The van der Waals surface area contributed by atoms with E-state index in [1.54, 1.807) is 30.3 Å². The van der Waals surface area contributed by atoms with E-state index in [1.807, 2.05) is 25.1 Å². The summed E-state index contributed by atoms with van der Waals surface area (Å²) >= 11 is 6.07. The lowest BCUT2D eigenvalue weighted by Gasteiger charge is -2.37. The molecule has 6 unspecified atom stereocenters. The fraction of sp³-hybridized carbons (Fsp3) is 0.346. The Balaban J connectivity index is 1.35. The highest BCUT2D eigenvalue weighted by Crippen LogP contribution is 2.65. The van der Waals surface area contributed by atoms with Gasteiger partial charge in [0.1, 0.15) is 6.67 Å². The molecule has 5 aliphatic rings. The maximum Gasteiger partial charge on any atom is 0.260 e. The van der Waals surface area contributed by atoms with Gasteiger partial charge in [-0.1, -0.05) is 42.0 Å². The monoisotopic (exact) mass is 446 g/mol. The van der Waals surface area contributed by atoms with Crippen LogP contribution in [0.25, 0.3) is 0 Å². The zero-order chi connectivity index (χ0) is 22.1. The van der Waals surface area contributed by atoms with Crippen molar-refractivity contribution in [2.45, 2.75) is 13.3 Å². The number of benzene rings is 2. The molecule has 1 saturated heterocycles. The maximum absolute atomic E-state index is 13.6. The van der Waals surface area contributed by atoms with E-state index < -0.39 is 0 Å². The van der Waals surface area contributed by atoms with Crippen molar-refractivity contribution in [1.82, 2.24) is 4.90 Å². The van der Waals surface area contributed by atoms with Crippen LogP contribution in [0.5, 0.6) is 0 Å². The molecule has 1 heterocycles. The molecule has 0 spiro atoms. The van der Waals surface area contributed by atoms with Crippen molar-refractivity contribution in [3.63, 3.8) is 0 Å². The van der Waals surface area contributed by atoms with Crippen molar-refractivity contribution in [3.8, 4) is 0 Å². The van der Waals surface area contributed by atoms with Crippen molar-refractivity contribution in [1.29, 1.82) is 0 Å². The highest BCUT2D eigenvalue weighted by atomic mass is 35.5. The molecule has 2 aromatic rings. The first kappa shape index (κ1) is 19.7. The van der Waals surface area contributed by atoms with Crippen LogP contribution in [0.15, 0.2) is 60.7 Å². The maximum atomic E-state index is 13.6. The predicted octanol–water partition coefficient (Wildman–Crippen LogP) is 4.31. The first-order chi connectivity index (χ1) is 15.5.